The summed E-state index contributed by atoms with van der Waals surface area (Å²) in [5, 5.41) is 9.22. The summed E-state index contributed by atoms with van der Waals surface area (Å²) in [6, 6.07) is 11.9. The van der Waals surface area contributed by atoms with Crippen LogP contribution < -0.4 is 69.9 Å². The fraction of sp³-hybridized carbons (Fsp3) is 0.559. The minimum Gasteiger partial charge on any atom is -0.870 e. The molecule has 97 heavy (non-hydrogen) atoms. The summed E-state index contributed by atoms with van der Waals surface area (Å²) in [5.74, 6) is 8.79. The van der Waals surface area contributed by atoms with Gasteiger partial charge in [0.25, 0.3) is 0 Å². The second-order valence-electron chi connectivity index (χ2n) is 25.0. The van der Waals surface area contributed by atoms with E-state index in [1.165, 1.54) is 0 Å². The van der Waals surface area contributed by atoms with Gasteiger partial charge in [0.1, 0.15) is 34.7 Å². The van der Waals surface area contributed by atoms with Crippen molar-refractivity contribution < 1.29 is 97.4 Å². The van der Waals surface area contributed by atoms with Gasteiger partial charge in [-0.05, 0) is 178 Å². The predicted octanol–water partition coefficient (Wildman–Crippen LogP) is 8.27. The first-order chi connectivity index (χ1) is 44.9. The molecule has 0 aliphatic heterocycles. The monoisotopic (exact) mass is 1410 g/mol. The topological polar surface area (TPSA) is 392 Å². The summed E-state index contributed by atoms with van der Waals surface area (Å²) in [5.41, 5.74) is 11.8. The number of aryl methyl sites for hydroxylation is 3. The smallest absolute Gasteiger partial charge is 0.870 e. The van der Waals surface area contributed by atoms with E-state index in [1.807, 2.05) is 82.7 Å². The summed E-state index contributed by atoms with van der Waals surface area (Å²) < 4.78 is 48.3. The van der Waals surface area contributed by atoms with Crippen LogP contribution in [0.5, 0.6) is 34.9 Å². The zero-order chi connectivity index (χ0) is 66.1. The number of halogens is 2. The number of amides is 1. The molecule has 0 bridgehead atoms. The number of carboxylic acid groups (broad SMARTS) is 1. The molecule has 6 aliphatic carbocycles. The van der Waals surface area contributed by atoms with Gasteiger partial charge in [0.15, 0.2) is 0 Å². The molecule has 6 aromatic heterocycles. The second-order valence-corrected chi connectivity index (χ2v) is 27.5. The van der Waals surface area contributed by atoms with Crippen molar-refractivity contribution in [3.8, 4) is 34.9 Å². The Morgan fingerprint density at radius 3 is 1.07 bits per heavy atom. The maximum atomic E-state index is 12.0. The van der Waals surface area contributed by atoms with Crippen LogP contribution in [0.1, 0.15) is 190 Å². The van der Waals surface area contributed by atoms with Gasteiger partial charge in [0.2, 0.25) is 32.8 Å². The van der Waals surface area contributed by atoms with Gasteiger partial charge < -0.3 is 61.1 Å². The molecule has 6 heterocycles. The Morgan fingerprint density at radius 2 is 0.814 bits per heavy atom. The van der Waals surface area contributed by atoms with Gasteiger partial charge in [-0.2, -0.15) is 15.0 Å². The number of carbonyl (C=O) groups excluding carboxylic acids is 2. The summed E-state index contributed by atoms with van der Waals surface area (Å²) >= 11 is 0. The third-order valence-corrected chi connectivity index (χ3v) is 18.8. The molecule has 0 spiro atoms. The van der Waals surface area contributed by atoms with Gasteiger partial charge in [0, 0.05) is 115 Å². The molecule has 6 aliphatic rings. The van der Waals surface area contributed by atoms with Crippen LogP contribution in [0.3, 0.4) is 0 Å². The van der Waals surface area contributed by atoms with Crippen molar-refractivity contribution in [2.45, 2.75) is 160 Å². The molecule has 6 atom stereocenters. The number of aromatic nitrogens is 9. The first kappa shape index (κ1) is 81.2. The van der Waals surface area contributed by atoms with Crippen molar-refractivity contribution in [2.24, 2.45) is 41.2 Å². The van der Waals surface area contributed by atoms with Crippen LogP contribution in [0.4, 0.5) is 0 Å². The maximum absolute atomic E-state index is 12.0. The molecule has 6 fully saturated rings. The van der Waals surface area contributed by atoms with E-state index < -0.39 is 15.2 Å². The molecule has 524 valence electrons. The number of esters is 1. The van der Waals surface area contributed by atoms with Crippen LogP contribution >= 0.6 is 21.4 Å². The number of methoxy groups -OCH3 is 3. The summed E-state index contributed by atoms with van der Waals surface area (Å²) in [4.78, 5) is 75.1. The number of carbonyl (C=O) groups is 3. The van der Waals surface area contributed by atoms with Crippen molar-refractivity contribution in [1.82, 2.24) is 51.0 Å². The van der Waals surface area contributed by atoms with Crippen molar-refractivity contribution in [1.29, 1.82) is 0 Å². The molecular formula is C68H92Cl2N11NaO14S. The van der Waals surface area contributed by atoms with Crippen LogP contribution in [0, 0.1) is 56.3 Å². The van der Waals surface area contributed by atoms with Gasteiger partial charge in [-0.3, -0.25) is 29.3 Å². The van der Waals surface area contributed by atoms with Crippen LogP contribution in [0.15, 0.2) is 73.6 Å². The zero-order valence-corrected chi connectivity index (χ0v) is 61.0. The molecule has 0 aromatic carbocycles. The van der Waals surface area contributed by atoms with E-state index in [0.29, 0.717) is 122 Å². The Hall–Kier alpha value is -6.49. The minimum atomic E-state index is -1.67. The van der Waals surface area contributed by atoms with Crippen molar-refractivity contribution in [3.05, 3.63) is 125 Å². The van der Waals surface area contributed by atoms with E-state index in [4.69, 9.17) is 43.1 Å². The van der Waals surface area contributed by atoms with Gasteiger partial charge in [-0.1, -0.05) is 0 Å². The Morgan fingerprint density at radius 1 is 0.515 bits per heavy atom. The number of hydrogen-bond donors (Lipinski definition) is 3. The third kappa shape index (κ3) is 23.6. The molecule has 25 nitrogen and oxygen atoms in total. The SMILES string of the molecule is CCOC(=O)C1CCC(c2cnc(C)nc2OC[C@H]2C[C@@H]2c2ccc(OC)cn2)CC1.COc1ccc([C@H]2C[C@@H]2COc2nc(C)ncc2C2CCC(C(=O)O)CC2)nc1.COc1ccc([C@H]2C[C@@H]2COc2nc(C)ncc2C2CCC(C(N)=O)CC2)nc1.N.O.O=S(Cl)Cl.[Na+].[OH-]. The number of hydrogen-bond acceptors (Lipinski definition) is 22. The summed E-state index contributed by atoms with van der Waals surface area (Å²) in [6.45, 7) is 9.77. The van der Waals surface area contributed by atoms with E-state index in [2.05, 4.69) is 66.2 Å². The Bertz CT molecular complexity index is 3320. The van der Waals surface area contributed by atoms with Crippen molar-refractivity contribution >= 4 is 48.4 Å². The fourth-order valence-electron chi connectivity index (χ4n) is 12.9. The normalized spacial score (nSPS) is 23.9. The van der Waals surface area contributed by atoms with Gasteiger partial charge in [-0.25, -0.2) is 19.2 Å². The molecule has 0 unspecified atom stereocenters. The van der Waals surface area contributed by atoms with E-state index in [0.717, 1.165) is 134 Å². The maximum Gasteiger partial charge on any atom is 1.00 e. The molecule has 12 rings (SSSR count). The molecule has 0 saturated heterocycles. The van der Waals surface area contributed by atoms with E-state index in [9.17, 15) is 19.5 Å². The van der Waals surface area contributed by atoms with Gasteiger partial charge in [-0.15, -0.1) is 0 Å². The minimum absolute atomic E-state index is 0. The van der Waals surface area contributed by atoms with Crippen LogP contribution in [0.2, 0.25) is 0 Å². The molecular weight excluding hydrogens is 1320 g/mol. The van der Waals surface area contributed by atoms with E-state index in [1.54, 1.807) is 39.9 Å². The van der Waals surface area contributed by atoms with Crippen LogP contribution in [-0.4, -0.2) is 131 Å². The first-order valence-electron chi connectivity index (χ1n) is 32.2. The largest absolute Gasteiger partial charge is 1.00 e. The number of pyridine rings is 3. The van der Waals surface area contributed by atoms with Crippen LogP contribution in [0.25, 0.3) is 0 Å². The fourth-order valence-corrected chi connectivity index (χ4v) is 12.9. The number of rotatable bonds is 22. The average Bonchev–Trinajstić information content (AvgIpc) is 1.72. The Labute approximate surface area is 601 Å². The first-order valence-corrected chi connectivity index (χ1v) is 35.0. The molecule has 9 N–H and O–H groups in total. The number of ether oxygens (including phenoxy) is 7. The van der Waals surface area contributed by atoms with Crippen molar-refractivity contribution in [2.75, 3.05) is 47.8 Å². The summed E-state index contributed by atoms with van der Waals surface area (Å²) in [7, 11) is 12.3. The summed E-state index contributed by atoms with van der Waals surface area (Å²) in [6.07, 6.45) is 24.2. The van der Waals surface area contributed by atoms with Crippen molar-refractivity contribution in [3.63, 3.8) is 0 Å². The number of primary amides is 1. The number of nitrogens with zero attached hydrogens (tertiary/aromatic N) is 9. The van der Waals surface area contributed by atoms with E-state index >= 15 is 0 Å². The number of aliphatic carboxylic acids is 1. The molecule has 0 radical (unpaired) electrons. The number of carboxylic acids is 1. The number of nitrogens with two attached hydrogens (primary N) is 1. The van der Waals surface area contributed by atoms with Gasteiger partial charge in [0.05, 0.1) is 78.2 Å². The average molecular weight is 1410 g/mol. The molecule has 1 amide bonds. The zero-order valence-electron chi connectivity index (χ0n) is 56.7. The standard InChI is InChI=1S/C24H31N3O4.C22H28N4O3.C22H27N3O4.Cl2OS.H3N.Na.2H2O/c1-4-30-24(28)17-7-5-16(6-8-17)21-13-25-15(2)27-23(21)31-14-18-11-20(18)22-10-9-19(29-3)12-26-22;1-13-24-11-19(14-3-5-15(6-4-14)21(23)27)22(26-13)29-12-16-9-18(16)20-8-7-17(28-2)10-25-20;1-13-23-11-19(14-3-5-15(6-4-14)22(26)27)21(25-13)29-12-16-9-18(16)20-8-7-17(28-2)10-24-20;1-4(2)3;;;;/h9-10,12-13,16-18,20H,4-8,11,14H2,1-3H3;7-8,10-11,14-16,18H,3-6,9,12H2,1-2H3,(H2,23,27);7-8,10-11,14-16,18H,3-6,9,12H2,1-2H3,(H,26,27);;1H3;;2*1H2/q;;;;;+1;;/p-1/t16?,17?,18-,20+;2*14?,15?,16-,18+;;;;;/m111...../s1. The molecule has 6 saturated carbocycles. The molecule has 29 heteroatoms. The molecule has 6 aromatic rings. The van der Waals surface area contributed by atoms with Gasteiger partial charge >= 0.3 is 41.5 Å². The predicted molar refractivity (Wildman–Crippen MR) is 360 cm³/mol. The Balaban J connectivity index is 0.000000251. The quantitative estimate of drug-likeness (QED) is 0.0327. The Kier molecular flexibility index (Phi) is 32.9. The third-order valence-electron chi connectivity index (χ3n) is 18.8. The second kappa shape index (κ2) is 39.3. The van der Waals surface area contributed by atoms with E-state index in [-0.39, 0.29) is 82.2 Å². The van der Waals surface area contributed by atoms with Crippen LogP contribution in [-0.2, 0) is 28.3 Å².